The fraction of sp³-hybridized carbons (Fsp3) is 1.00. The minimum atomic E-state index is 0.354. The lowest BCUT2D eigenvalue weighted by atomic mass is 9.64. The molecule has 0 amide bonds. The Morgan fingerprint density at radius 3 is 2.60 bits per heavy atom. The van der Waals surface area contributed by atoms with E-state index >= 15 is 0 Å². The van der Waals surface area contributed by atoms with E-state index in [4.69, 9.17) is 4.74 Å². The number of hydrogen-bond acceptors (Lipinski definition) is 2. The molecule has 4 heterocycles. The molecule has 0 aromatic carbocycles. The van der Waals surface area contributed by atoms with Gasteiger partial charge in [-0.3, -0.25) is 4.90 Å². The van der Waals surface area contributed by atoms with Crippen molar-refractivity contribution in [2.24, 2.45) is 5.41 Å². The normalized spacial score (nSPS) is 45.8. The molecule has 0 radical (unpaired) electrons. The van der Waals surface area contributed by atoms with Crippen LogP contribution in [0.25, 0.3) is 0 Å². The Bertz CT molecular complexity index is 262. The number of morpholine rings is 1. The van der Waals surface area contributed by atoms with Gasteiger partial charge in [-0.2, -0.15) is 0 Å². The molecule has 2 heteroatoms. The predicted molar refractivity (Wildman–Crippen MR) is 60.9 cm³/mol. The number of nitrogens with zero attached hydrogens (tertiary/aromatic N) is 1. The van der Waals surface area contributed by atoms with Gasteiger partial charge in [0.05, 0.1) is 18.2 Å². The molecule has 0 saturated carbocycles. The van der Waals surface area contributed by atoms with Gasteiger partial charge in [-0.1, -0.05) is 20.8 Å². The van der Waals surface area contributed by atoms with Gasteiger partial charge >= 0.3 is 0 Å². The molecule has 4 aliphatic heterocycles. The van der Waals surface area contributed by atoms with E-state index in [0.717, 1.165) is 12.6 Å². The second-order valence-corrected chi connectivity index (χ2v) is 6.52. The van der Waals surface area contributed by atoms with Crippen LogP contribution >= 0.6 is 0 Å². The van der Waals surface area contributed by atoms with Crippen molar-refractivity contribution in [1.29, 1.82) is 0 Å². The van der Waals surface area contributed by atoms with E-state index in [-0.39, 0.29) is 0 Å². The van der Waals surface area contributed by atoms with Crippen LogP contribution in [0.2, 0.25) is 0 Å². The van der Waals surface area contributed by atoms with Gasteiger partial charge in [0.2, 0.25) is 0 Å². The summed E-state index contributed by atoms with van der Waals surface area (Å²) in [6.45, 7) is 9.49. The highest BCUT2D eigenvalue weighted by Gasteiger charge is 2.61. The van der Waals surface area contributed by atoms with Gasteiger partial charge in [0.25, 0.3) is 0 Å². The number of rotatable bonds is 0. The third-order valence-corrected chi connectivity index (χ3v) is 4.99. The molecule has 0 spiro atoms. The minimum absolute atomic E-state index is 0.354. The lowest BCUT2D eigenvalue weighted by Gasteiger charge is -2.61. The van der Waals surface area contributed by atoms with Crippen LogP contribution in [0, 0.1) is 5.41 Å². The molecule has 0 aromatic rings. The van der Waals surface area contributed by atoms with E-state index in [0.29, 0.717) is 17.1 Å². The van der Waals surface area contributed by atoms with Crippen LogP contribution in [0.1, 0.15) is 46.5 Å². The smallest absolute Gasteiger partial charge is 0.0765 e. The highest BCUT2D eigenvalue weighted by Crippen LogP contribution is 2.54. The fourth-order valence-electron chi connectivity index (χ4n) is 4.37. The first-order chi connectivity index (χ1) is 7.06. The Kier molecular flexibility index (Phi) is 2.01. The molecule has 4 rings (SSSR count). The second-order valence-electron chi connectivity index (χ2n) is 6.52. The Morgan fingerprint density at radius 1 is 1.27 bits per heavy atom. The number of piperidine rings is 1. The molecule has 3 unspecified atom stereocenters. The van der Waals surface area contributed by atoms with Gasteiger partial charge in [0.1, 0.15) is 0 Å². The summed E-state index contributed by atoms with van der Waals surface area (Å²) in [5.41, 5.74) is 0.710. The van der Waals surface area contributed by atoms with E-state index in [1.54, 1.807) is 0 Å². The summed E-state index contributed by atoms with van der Waals surface area (Å²) in [4.78, 5) is 2.80. The van der Waals surface area contributed by atoms with E-state index in [2.05, 4.69) is 25.7 Å². The van der Waals surface area contributed by atoms with Gasteiger partial charge in [0, 0.05) is 6.04 Å². The van der Waals surface area contributed by atoms with Crippen LogP contribution in [0.3, 0.4) is 0 Å². The number of fused-ring (bicyclic) bond motifs is 2. The first kappa shape index (κ1) is 10.1. The maximum absolute atomic E-state index is 6.08. The van der Waals surface area contributed by atoms with Gasteiger partial charge in [-0.15, -0.1) is 0 Å². The first-order valence-corrected chi connectivity index (χ1v) is 6.44. The molecule has 2 nitrogen and oxygen atoms in total. The van der Waals surface area contributed by atoms with E-state index in [1.807, 2.05) is 0 Å². The van der Waals surface area contributed by atoms with Crippen LogP contribution < -0.4 is 0 Å². The molecule has 4 aliphatic rings. The molecule has 4 fully saturated rings. The lowest BCUT2D eigenvalue weighted by molar-refractivity contribution is -0.210. The van der Waals surface area contributed by atoms with Crippen molar-refractivity contribution in [3.63, 3.8) is 0 Å². The summed E-state index contributed by atoms with van der Waals surface area (Å²) in [7, 11) is 0. The maximum atomic E-state index is 6.08. The molecule has 0 aliphatic carbocycles. The highest BCUT2D eigenvalue weighted by molar-refractivity contribution is 5.14. The molecule has 2 bridgehead atoms. The van der Waals surface area contributed by atoms with Crippen molar-refractivity contribution in [3.05, 3.63) is 0 Å². The van der Waals surface area contributed by atoms with Crippen LogP contribution in [0.15, 0.2) is 0 Å². The molecule has 86 valence electrons. The quantitative estimate of drug-likeness (QED) is 0.607. The van der Waals surface area contributed by atoms with E-state index in [9.17, 15) is 0 Å². The molecule has 15 heavy (non-hydrogen) atoms. The lowest BCUT2D eigenvalue weighted by Crippen LogP contribution is -2.71. The van der Waals surface area contributed by atoms with Gasteiger partial charge < -0.3 is 4.74 Å². The van der Waals surface area contributed by atoms with Crippen molar-refractivity contribution in [1.82, 2.24) is 4.90 Å². The van der Waals surface area contributed by atoms with Gasteiger partial charge in [-0.25, -0.2) is 0 Å². The average Bonchev–Trinajstić information content (AvgIpc) is 2.65. The predicted octanol–water partition coefficient (Wildman–Crippen LogP) is 2.43. The largest absolute Gasteiger partial charge is 0.375 e. The molecular weight excluding hydrogens is 186 g/mol. The SMILES string of the molecule is CC(C)(C)C12CCCN1C1CCC2OC1. The zero-order valence-electron chi connectivity index (χ0n) is 10.3. The Morgan fingerprint density at radius 2 is 2.07 bits per heavy atom. The molecule has 0 aromatic heterocycles. The Labute approximate surface area is 93.0 Å². The standard InChI is InChI=1S/C13H23NO/c1-12(2,3)13-7-4-8-14(13)10-5-6-11(13)15-9-10/h10-11H,4-9H2,1-3H3. The highest BCUT2D eigenvalue weighted by atomic mass is 16.5. The van der Waals surface area contributed by atoms with Crippen molar-refractivity contribution in [3.8, 4) is 0 Å². The molecular formula is C13H23NO. The minimum Gasteiger partial charge on any atom is -0.375 e. The van der Waals surface area contributed by atoms with Gasteiger partial charge in [0.15, 0.2) is 0 Å². The summed E-state index contributed by atoms with van der Waals surface area (Å²) in [6, 6.07) is 0.719. The summed E-state index contributed by atoms with van der Waals surface area (Å²) >= 11 is 0. The fourth-order valence-corrected chi connectivity index (χ4v) is 4.37. The van der Waals surface area contributed by atoms with Crippen molar-refractivity contribution < 1.29 is 4.74 Å². The topological polar surface area (TPSA) is 12.5 Å². The van der Waals surface area contributed by atoms with Crippen molar-refractivity contribution >= 4 is 0 Å². The summed E-state index contributed by atoms with van der Waals surface area (Å²) < 4.78 is 6.08. The zero-order chi connectivity index (χ0) is 10.7. The van der Waals surface area contributed by atoms with E-state index < -0.39 is 0 Å². The zero-order valence-corrected chi connectivity index (χ0v) is 10.3. The third-order valence-electron chi connectivity index (χ3n) is 4.99. The first-order valence-electron chi connectivity index (χ1n) is 6.44. The molecule has 3 atom stereocenters. The van der Waals surface area contributed by atoms with Crippen LogP contribution in [-0.2, 0) is 4.74 Å². The maximum Gasteiger partial charge on any atom is 0.0765 e. The van der Waals surface area contributed by atoms with Crippen LogP contribution in [0.5, 0.6) is 0 Å². The third kappa shape index (κ3) is 1.13. The van der Waals surface area contributed by atoms with Crippen molar-refractivity contribution in [2.45, 2.75) is 64.1 Å². The average molecular weight is 209 g/mol. The Balaban J connectivity index is 2.04. The summed E-state index contributed by atoms with van der Waals surface area (Å²) in [5, 5.41) is 0. The number of ether oxygens (including phenoxy) is 1. The Hall–Kier alpha value is -0.0800. The molecule has 0 N–H and O–H groups in total. The summed E-state index contributed by atoms with van der Waals surface area (Å²) in [6.07, 6.45) is 5.87. The van der Waals surface area contributed by atoms with Crippen molar-refractivity contribution in [2.75, 3.05) is 13.2 Å². The number of hydrogen-bond donors (Lipinski definition) is 0. The van der Waals surface area contributed by atoms with Gasteiger partial charge in [-0.05, 0) is 37.6 Å². The van der Waals surface area contributed by atoms with Crippen LogP contribution in [-0.4, -0.2) is 35.7 Å². The second kappa shape index (κ2) is 2.98. The van der Waals surface area contributed by atoms with Crippen LogP contribution in [0.4, 0.5) is 0 Å². The summed E-state index contributed by atoms with van der Waals surface area (Å²) in [5.74, 6) is 0. The molecule has 4 saturated heterocycles. The monoisotopic (exact) mass is 209 g/mol. The van der Waals surface area contributed by atoms with E-state index in [1.165, 1.54) is 32.2 Å².